The Labute approximate surface area is 137 Å². The van der Waals surface area contributed by atoms with Crippen molar-refractivity contribution in [1.82, 2.24) is 14.9 Å². The van der Waals surface area contributed by atoms with E-state index in [0.29, 0.717) is 5.88 Å². The van der Waals surface area contributed by atoms with Crippen LogP contribution in [-0.4, -0.2) is 52.7 Å². The van der Waals surface area contributed by atoms with Gasteiger partial charge >= 0.3 is 0 Å². The first-order chi connectivity index (χ1) is 11.3. The minimum absolute atomic E-state index is 0.0335. The van der Waals surface area contributed by atoms with E-state index < -0.39 is 0 Å². The Morgan fingerprint density at radius 3 is 2.87 bits per heavy atom. The highest BCUT2D eigenvalue weighted by molar-refractivity contribution is 5.79. The average Bonchev–Trinajstić information content (AvgIpc) is 2.62. The number of nitrogens with zero attached hydrogens (tertiary/aromatic N) is 3. The Bertz CT molecular complexity index is 503. The third-order valence-corrected chi connectivity index (χ3v) is 4.74. The zero-order valence-corrected chi connectivity index (χ0v) is 13.7. The van der Waals surface area contributed by atoms with Gasteiger partial charge in [0.1, 0.15) is 6.10 Å². The largest absolute Gasteiger partial charge is 0.473 e. The number of piperidine rings is 1. The lowest BCUT2D eigenvalue weighted by molar-refractivity contribution is -0.147. The Balaban J connectivity index is 1.51. The van der Waals surface area contributed by atoms with Crippen molar-refractivity contribution in [2.24, 2.45) is 5.92 Å². The van der Waals surface area contributed by atoms with E-state index in [1.54, 1.807) is 18.6 Å². The first-order valence-electron chi connectivity index (χ1n) is 8.61. The first kappa shape index (κ1) is 16.2. The molecule has 1 aromatic heterocycles. The molecule has 126 valence electrons. The molecule has 2 saturated heterocycles. The predicted octanol–water partition coefficient (Wildman–Crippen LogP) is 2.05. The SMILES string of the molecule is CCC1OCCCC1C(=O)N1CCC(Oc2cnccn2)CC1. The van der Waals surface area contributed by atoms with Crippen LogP contribution in [0.5, 0.6) is 5.88 Å². The maximum atomic E-state index is 12.8. The summed E-state index contributed by atoms with van der Waals surface area (Å²) in [6, 6.07) is 0. The number of amides is 1. The molecule has 6 nitrogen and oxygen atoms in total. The highest BCUT2D eigenvalue weighted by atomic mass is 16.5. The summed E-state index contributed by atoms with van der Waals surface area (Å²) in [6.45, 7) is 4.38. The van der Waals surface area contributed by atoms with E-state index in [0.717, 1.165) is 51.8 Å². The van der Waals surface area contributed by atoms with Gasteiger partial charge in [0.25, 0.3) is 0 Å². The van der Waals surface area contributed by atoms with Crippen LogP contribution >= 0.6 is 0 Å². The lowest BCUT2D eigenvalue weighted by atomic mass is 9.90. The van der Waals surface area contributed by atoms with E-state index in [2.05, 4.69) is 16.9 Å². The van der Waals surface area contributed by atoms with E-state index in [1.807, 2.05) is 4.90 Å². The summed E-state index contributed by atoms with van der Waals surface area (Å²) in [5.74, 6) is 0.852. The predicted molar refractivity (Wildman–Crippen MR) is 85.0 cm³/mol. The number of carbonyl (C=O) groups is 1. The summed E-state index contributed by atoms with van der Waals surface area (Å²) in [5.41, 5.74) is 0. The van der Waals surface area contributed by atoms with Crippen molar-refractivity contribution in [2.75, 3.05) is 19.7 Å². The van der Waals surface area contributed by atoms with Crippen LogP contribution in [0.15, 0.2) is 18.6 Å². The molecule has 2 aliphatic heterocycles. The topological polar surface area (TPSA) is 64.5 Å². The Morgan fingerprint density at radius 1 is 1.35 bits per heavy atom. The van der Waals surface area contributed by atoms with Crippen LogP contribution in [0.4, 0.5) is 0 Å². The number of hydrogen-bond donors (Lipinski definition) is 0. The molecule has 0 spiro atoms. The molecule has 6 heteroatoms. The minimum atomic E-state index is 0.0335. The maximum absolute atomic E-state index is 12.8. The minimum Gasteiger partial charge on any atom is -0.473 e. The third-order valence-electron chi connectivity index (χ3n) is 4.74. The van der Waals surface area contributed by atoms with Gasteiger partial charge in [0.2, 0.25) is 11.8 Å². The molecule has 23 heavy (non-hydrogen) atoms. The van der Waals surface area contributed by atoms with Gasteiger partial charge in [-0.2, -0.15) is 0 Å². The molecular weight excluding hydrogens is 294 g/mol. The van der Waals surface area contributed by atoms with Gasteiger partial charge < -0.3 is 14.4 Å². The van der Waals surface area contributed by atoms with Gasteiger partial charge in [-0.3, -0.25) is 9.78 Å². The van der Waals surface area contributed by atoms with Gasteiger partial charge in [-0.25, -0.2) is 4.98 Å². The van der Waals surface area contributed by atoms with Crippen LogP contribution in [0.3, 0.4) is 0 Å². The first-order valence-corrected chi connectivity index (χ1v) is 8.61. The smallest absolute Gasteiger partial charge is 0.232 e. The second-order valence-corrected chi connectivity index (χ2v) is 6.25. The monoisotopic (exact) mass is 319 g/mol. The molecular formula is C17H25N3O3. The fourth-order valence-corrected chi connectivity index (χ4v) is 3.47. The van der Waals surface area contributed by atoms with E-state index in [1.165, 1.54) is 0 Å². The summed E-state index contributed by atoms with van der Waals surface area (Å²) in [4.78, 5) is 22.9. The third kappa shape index (κ3) is 3.99. The summed E-state index contributed by atoms with van der Waals surface area (Å²) >= 11 is 0. The van der Waals surface area contributed by atoms with E-state index in [9.17, 15) is 4.79 Å². The van der Waals surface area contributed by atoms with E-state index >= 15 is 0 Å². The number of likely N-dealkylation sites (tertiary alicyclic amines) is 1. The van der Waals surface area contributed by atoms with Crippen molar-refractivity contribution in [2.45, 2.75) is 51.2 Å². The highest BCUT2D eigenvalue weighted by Gasteiger charge is 2.35. The van der Waals surface area contributed by atoms with Gasteiger partial charge in [-0.05, 0) is 19.3 Å². The van der Waals surface area contributed by atoms with Crippen LogP contribution in [0.25, 0.3) is 0 Å². The summed E-state index contributed by atoms with van der Waals surface area (Å²) in [7, 11) is 0. The average molecular weight is 319 g/mol. The Morgan fingerprint density at radius 2 is 2.17 bits per heavy atom. The molecule has 3 heterocycles. The van der Waals surface area contributed by atoms with Crippen LogP contribution in [-0.2, 0) is 9.53 Å². The highest BCUT2D eigenvalue weighted by Crippen LogP contribution is 2.27. The number of aromatic nitrogens is 2. The number of hydrogen-bond acceptors (Lipinski definition) is 5. The Kier molecular flexibility index (Phi) is 5.43. The second-order valence-electron chi connectivity index (χ2n) is 6.25. The molecule has 0 bridgehead atoms. The van der Waals surface area contributed by atoms with Crippen LogP contribution in [0.2, 0.25) is 0 Å². The molecule has 0 aliphatic carbocycles. The molecule has 0 saturated carbocycles. The van der Waals surface area contributed by atoms with Gasteiger partial charge in [0.05, 0.1) is 18.2 Å². The van der Waals surface area contributed by atoms with Crippen molar-refractivity contribution >= 4 is 5.91 Å². The van der Waals surface area contributed by atoms with Gasteiger partial charge in [-0.1, -0.05) is 6.92 Å². The standard InChI is InChI=1S/C17H25N3O3/c1-2-15-14(4-3-11-22-15)17(21)20-9-5-13(6-10-20)23-16-12-18-7-8-19-16/h7-8,12-15H,2-6,9-11H2,1H3. The zero-order chi connectivity index (χ0) is 16.1. The molecule has 3 rings (SSSR count). The fraction of sp³-hybridized carbons (Fsp3) is 0.706. The molecule has 1 amide bonds. The van der Waals surface area contributed by atoms with Crippen molar-refractivity contribution in [3.63, 3.8) is 0 Å². The Hall–Kier alpha value is -1.69. The summed E-state index contributed by atoms with van der Waals surface area (Å²) in [6.07, 6.45) is 9.61. The van der Waals surface area contributed by atoms with E-state index in [4.69, 9.17) is 9.47 Å². The number of ether oxygens (including phenoxy) is 2. The summed E-state index contributed by atoms with van der Waals surface area (Å²) in [5, 5.41) is 0. The zero-order valence-electron chi connectivity index (χ0n) is 13.7. The van der Waals surface area contributed by atoms with Crippen LogP contribution in [0, 0.1) is 5.92 Å². The second kappa shape index (κ2) is 7.73. The molecule has 0 N–H and O–H groups in total. The fourth-order valence-electron chi connectivity index (χ4n) is 3.47. The molecule has 0 radical (unpaired) electrons. The maximum Gasteiger partial charge on any atom is 0.232 e. The van der Waals surface area contributed by atoms with Crippen LogP contribution in [0.1, 0.15) is 39.0 Å². The molecule has 2 fully saturated rings. The summed E-state index contributed by atoms with van der Waals surface area (Å²) < 4.78 is 11.6. The normalized spacial score (nSPS) is 26.0. The molecule has 2 atom stereocenters. The quantitative estimate of drug-likeness (QED) is 0.850. The number of carbonyl (C=O) groups excluding carboxylic acids is 1. The van der Waals surface area contributed by atoms with Crippen molar-refractivity contribution in [1.29, 1.82) is 0 Å². The van der Waals surface area contributed by atoms with Crippen molar-refractivity contribution in [3.05, 3.63) is 18.6 Å². The lowest BCUT2D eigenvalue weighted by Crippen LogP contribution is -2.48. The molecule has 2 unspecified atom stereocenters. The van der Waals surface area contributed by atoms with E-state index in [-0.39, 0.29) is 24.0 Å². The van der Waals surface area contributed by atoms with Gasteiger partial charge in [0, 0.05) is 44.9 Å². The van der Waals surface area contributed by atoms with Gasteiger partial charge in [-0.15, -0.1) is 0 Å². The molecule has 2 aliphatic rings. The number of rotatable bonds is 4. The molecule has 0 aromatic carbocycles. The van der Waals surface area contributed by atoms with Crippen LogP contribution < -0.4 is 4.74 Å². The lowest BCUT2D eigenvalue weighted by Gasteiger charge is -2.37. The molecule has 1 aromatic rings. The van der Waals surface area contributed by atoms with Crippen molar-refractivity contribution < 1.29 is 14.3 Å². The van der Waals surface area contributed by atoms with Crippen molar-refractivity contribution in [3.8, 4) is 5.88 Å². The van der Waals surface area contributed by atoms with Gasteiger partial charge in [0.15, 0.2) is 0 Å².